The minimum Gasteiger partial charge on any atom is -0.491 e. The minimum absolute atomic E-state index is 0.199. The molecule has 0 heterocycles. The molecule has 0 amide bonds. The SMILES string of the molecule is CCCNC(CC(C)OC)c1cccc(OC(C)C)c1. The molecule has 0 radical (unpaired) electrons. The predicted octanol–water partition coefficient (Wildman–Crippen LogP) is 3.94. The fraction of sp³-hybridized carbons (Fsp3) is 0.647. The van der Waals surface area contributed by atoms with Gasteiger partial charge in [-0.3, -0.25) is 0 Å². The Bertz CT molecular complexity index is 379. The minimum atomic E-state index is 0.199. The number of hydrogen-bond acceptors (Lipinski definition) is 3. The summed E-state index contributed by atoms with van der Waals surface area (Å²) in [5.41, 5.74) is 1.26. The molecular formula is C17H29NO2. The third-order valence-electron chi connectivity index (χ3n) is 3.24. The average Bonchev–Trinajstić information content (AvgIpc) is 2.42. The second-order valence-electron chi connectivity index (χ2n) is 5.53. The van der Waals surface area contributed by atoms with Gasteiger partial charge in [-0.25, -0.2) is 0 Å². The second-order valence-corrected chi connectivity index (χ2v) is 5.53. The fourth-order valence-corrected chi connectivity index (χ4v) is 2.16. The first-order valence-corrected chi connectivity index (χ1v) is 7.59. The highest BCUT2D eigenvalue weighted by molar-refractivity contribution is 5.30. The van der Waals surface area contributed by atoms with Crippen molar-refractivity contribution >= 4 is 0 Å². The molecule has 0 bridgehead atoms. The van der Waals surface area contributed by atoms with Crippen molar-refractivity contribution in [1.29, 1.82) is 0 Å². The van der Waals surface area contributed by atoms with E-state index in [2.05, 4.69) is 37.4 Å². The van der Waals surface area contributed by atoms with Crippen LogP contribution in [0.3, 0.4) is 0 Å². The second kappa shape index (κ2) is 8.98. The lowest BCUT2D eigenvalue weighted by atomic mass is 10.0. The van der Waals surface area contributed by atoms with E-state index in [0.29, 0.717) is 6.04 Å². The molecule has 1 aromatic carbocycles. The largest absolute Gasteiger partial charge is 0.491 e. The van der Waals surface area contributed by atoms with E-state index in [1.165, 1.54) is 5.56 Å². The van der Waals surface area contributed by atoms with Crippen molar-refractivity contribution < 1.29 is 9.47 Å². The summed E-state index contributed by atoms with van der Waals surface area (Å²) < 4.78 is 11.2. The number of ether oxygens (including phenoxy) is 2. The lowest BCUT2D eigenvalue weighted by molar-refractivity contribution is 0.100. The molecule has 0 aliphatic rings. The van der Waals surface area contributed by atoms with E-state index >= 15 is 0 Å². The Morgan fingerprint density at radius 1 is 1.20 bits per heavy atom. The first-order chi connectivity index (χ1) is 9.56. The third kappa shape index (κ3) is 5.93. The third-order valence-corrected chi connectivity index (χ3v) is 3.24. The van der Waals surface area contributed by atoms with Gasteiger partial charge in [0.25, 0.3) is 0 Å². The van der Waals surface area contributed by atoms with Crippen molar-refractivity contribution in [1.82, 2.24) is 5.32 Å². The predicted molar refractivity (Wildman–Crippen MR) is 84.3 cm³/mol. The van der Waals surface area contributed by atoms with Crippen LogP contribution in [0.15, 0.2) is 24.3 Å². The smallest absolute Gasteiger partial charge is 0.120 e. The van der Waals surface area contributed by atoms with Gasteiger partial charge in [0.15, 0.2) is 0 Å². The van der Waals surface area contributed by atoms with E-state index in [1.54, 1.807) is 7.11 Å². The van der Waals surface area contributed by atoms with Crippen LogP contribution in [0.2, 0.25) is 0 Å². The number of hydrogen-bond donors (Lipinski definition) is 1. The van der Waals surface area contributed by atoms with Gasteiger partial charge in [-0.1, -0.05) is 19.1 Å². The van der Waals surface area contributed by atoms with Crippen LogP contribution >= 0.6 is 0 Å². The summed E-state index contributed by atoms with van der Waals surface area (Å²) in [5.74, 6) is 0.936. The van der Waals surface area contributed by atoms with Gasteiger partial charge in [-0.05, 0) is 57.9 Å². The van der Waals surface area contributed by atoms with E-state index in [1.807, 2.05) is 19.9 Å². The highest BCUT2D eigenvalue weighted by Crippen LogP contribution is 2.24. The fourth-order valence-electron chi connectivity index (χ4n) is 2.16. The molecule has 1 aromatic rings. The van der Waals surface area contributed by atoms with Crippen LogP contribution in [-0.4, -0.2) is 25.9 Å². The van der Waals surface area contributed by atoms with E-state index in [9.17, 15) is 0 Å². The van der Waals surface area contributed by atoms with Crippen molar-refractivity contribution in [3.8, 4) is 5.75 Å². The zero-order valence-electron chi connectivity index (χ0n) is 13.5. The Balaban J connectivity index is 2.82. The maximum atomic E-state index is 5.78. The van der Waals surface area contributed by atoms with Crippen LogP contribution in [0.1, 0.15) is 52.1 Å². The lowest BCUT2D eigenvalue weighted by Crippen LogP contribution is -2.26. The normalized spacial score (nSPS) is 14.3. The molecule has 2 unspecified atom stereocenters. The molecule has 114 valence electrons. The van der Waals surface area contributed by atoms with Gasteiger partial charge in [-0.15, -0.1) is 0 Å². The summed E-state index contributed by atoms with van der Waals surface area (Å²) in [6.45, 7) is 9.40. The summed E-state index contributed by atoms with van der Waals surface area (Å²) in [5, 5.41) is 3.60. The molecule has 2 atom stereocenters. The van der Waals surface area contributed by atoms with Crippen molar-refractivity contribution in [3.05, 3.63) is 29.8 Å². The van der Waals surface area contributed by atoms with E-state index in [4.69, 9.17) is 9.47 Å². The van der Waals surface area contributed by atoms with Crippen LogP contribution in [0.5, 0.6) is 5.75 Å². The van der Waals surface area contributed by atoms with Crippen LogP contribution in [0.25, 0.3) is 0 Å². The van der Waals surface area contributed by atoms with Gasteiger partial charge in [0.05, 0.1) is 12.2 Å². The van der Waals surface area contributed by atoms with Crippen LogP contribution in [0, 0.1) is 0 Å². The molecule has 3 heteroatoms. The van der Waals surface area contributed by atoms with Gasteiger partial charge in [0.1, 0.15) is 5.75 Å². The van der Waals surface area contributed by atoms with Gasteiger partial charge in [0.2, 0.25) is 0 Å². The zero-order valence-corrected chi connectivity index (χ0v) is 13.5. The maximum absolute atomic E-state index is 5.78. The molecule has 0 fully saturated rings. The van der Waals surface area contributed by atoms with Gasteiger partial charge in [-0.2, -0.15) is 0 Å². The summed E-state index contributed by atoms with van der Waals surface area (Å²) in [6, 6.07) is 8.67. The van der Waals surface area contributed by atoms with E-state index in [-0.39, 0.29) is 12.2 Å². The molecule has 0 saturated carbocycles. The molecule has 1 rings (SSSR count). The first-order valence-electron chi connectivity index (χ1n) is 7.59. The highest BCUT2D eigenvalue weighted by atomic mass is 16.5. The standard InChI is InChI=1S/C17H29NO2/c1-6-10-18-17(11-14(4)19-5)15-8-7-9-16(12-15)20-13(2)3/h7-9,12-14,17-18H,6,10-11H2,1-5H3. The molecule has 0 saturated heterocycles. The van der Waals surface area contributed by atoms with Crippen LogP contribution in [-0.2, 0) is 4.74 Å². The number of benzene rings is 1. The Morgan fingerprint density at radius 2 is 1.95 bits per heavy atom. The Kier molecular flexibility index (Phi) is 7.63. The van der Waals surface area contributed by atoms with Crippen LogP contribution < -0.4 is 10.1 Å². The van der Waals surface area contributed by atoms with Crippen molar-refractivity contribution in [2.24, 2.45) is 0 Å². The molecule has 0 aliphatic heterocycles. The molecule has 0 spiro atoms. The van der Waals surface area contributed by atoms with Gasteiger partial charge < -0.3 is 14.8 Å². The summed E-state index contributed by atoms with van der Waals surface area (Å²) in [7, 11) is 1.76. The van der Waals surface area contributed by atoms with Crippen molar-refractivity contribution in [3.63, 3.8) is 0 Å². The highest BCUT2D eigenvalue weighted by Gasteiger charge is 2.15. The number of methoxy groups -OCH3 is 1. The average molecular weight is 279 g/mol. The van der Waals surface area contributed by atoms with Crippen LogP contribution in [0.4, 0.5) is 0 Å². The Labute approximate surface area is 123 Å². The summed E-state index contributed by atoms with van der Waals surface area (Å²) >= 11 is 0. The van der Waals surface area contributed by atoms with E-state index in [0.717, 1.165) is 25.1 Å². The molecular weight excluding hydrogens is 250 g/mol. The molecule has 0 aromatic heterocycles. The number of nitrogens with one attached hydrogen (secondary N) is 1. The zero-order chi connectivity index (χ0) is 15.0. The lowest BCUT2D eigenvalue weighted by Gasteiger charge is -2.23. The first kappa shape index (κ1) is 17.0. The molecule has 0 aliphatic carbocycles. The van der Waals surface area contributed by atoms with Crippen molar-refractivity contribution in [2.75, 3.05) is 13.7 Å². The monoisotopic (exact) mass is 279 g/mol. The Hall–Kier alpha value is -1.06. The Morgan fingerprint density at radius 3 is 2.55 bits per heavy atom. The topological polar surface area (TPSA) is 30.5 Å². The van der Waals surface area contributed by atoms with Crippen molar-refractivity contribution in [2.45, 2.75) is 58.8 Å². The summed E-state index contributed by atoms with van der Waals surface area (Å²) in [4.78, 5) is 0. The van der Waals surface area contributed by atoms with Gasteiger partial charge in [0, 0.05) is 13.2 Å². The molecule has 1 N–H and O–H groups in total. The van der Waals surface area contributed by atoms with Gasteiger partial charge >= 0.3 is 0 Å². The number of rotatable bonds is 9. The quantitative estimate of drug-likeness (QED) is 0.742. The molecule has 3 nitrogen and oxygen atoms in total. The van der Waals surface area contributed by atoms with E-state index < -0.39 is 0 Å². The maximum Gasteiger partial charge on any atom is 0.120 e. The molecule has 20 heavy (non-hydrogen) atoms. The summed E-state index contributed by atoms with van der Waals surface area (Å²) in [6.07, 6.45) is 2.52.